The van der Waals surface area contributed by atoms with Crippen LogP contribution in [0.15, 0.2) is 24.3 Å². The molecule has 1 aromatic carbocycles. The minimum Gasteiger partial charge on any atom is -0.478 e. The monoisotopic (exact) mass is 291 g/mol. The van der Waals surface area contributed by atoms with Crippen molar-refractivity contribution in [1.82, 2.24) is 4.90 Å². The first kappa shape index (κ1) is 15.4. The Balaban J connectivity index is 1.89. The minimum atomic E-state index is -0.922. The third kappa shape index (κ3) is 3.97. The molecule has 1 heterocycles. The van der Waals surface area contributed by atoms with E-state index in [-0.39, 0.29) is 17.6 Å². The number of hydrogen-bond donors (Lipinski definition) is 1. The van der Waals surface area contributed by atoms with Crippen LogP contribution in [0.2, 0.25) is 0 Å². The standard InChI is InChI=1S/C16H21NO4/c1-2-3-10-21-16(20)17-9-8-14(11-17)12-4-6-13(7-5-12)15(18)19/h4-7,14H,2-3,8-11H2,1H3,(H,18,19). The molecule has 1 unspecified atom stereocenters. The highest BCUT2D eigenvalue weighted by Crippen LogP contribution is 2.27. The van der Waals surface area contributed by atoms with Crippen LogP contribution in [0.5, 0.6) is 0 Å². The first-order valence-electron chi connectivity index (χ1n) is 7.36. The van der Waals surface area contributed by atoms with Gasteiger partial charge in [-0.05, 0) is 30.5 Å². The topological polar surface area (TPSA) is 66.8 Å². The number of hydrogen-bond acceptors (Lipinski definition) is 3. The van der Waals surface area contributed by atoms with Crippen LogP contribution in [0.4, 0.5) is 4.79 Å². The Labute approximate surface area is 124 Å². The molecule has 0 aliphatic carbocycles. The van der Waals surface area contributed by atoms with Gasteiger partial charge in [-0.15, -0.1) is 0 Å². The van der Waals surface area contributed by atoms with Crippen LogP contribution < -0.4 is 0 Å². The third-order valence-corrected chi connectivity index (χ3v) is 3.80. The summed E-state index contributed by atoms with van der Waals surface area (Å²) in [4.78, 5) is 24.4. The van der Waals surface area contributed by atoms with E-state index in [1.54, 1.807) is 17.0 Å². The van der Waals surface area contributed by atoms with Crippen molar-refractivity contribution in [3.8, 4) is 0 Å². The zero-order chi connectivity index (χ0) is 15.2. The van der Waals surface area contributed by atoms with Gasteiger partial charge in [0.2, 0.25) is 0 Å². The maximum Gasteiger partial charge on any atom is 0.409 e. The van der Waals surface area contributed by atoms with E-state index in [4.69, 9.17) is 9.84 Å². The van der Waals surface area contributed by atoms with Crippen molar-refractivity contribution in [3.63, 3.8) is 0 Å². The Hall–Kier alpha value is -2.04. The fourth-order valence-electron chi connectivity index (χ4n) is 2.49. The van der Waals surface area contributed by atoms with Gasteiger partial charge in [-0.2, -0.15) is 0 Å². The Morgan fingerprint density at radius 3 is 2.67 bits per heavy atom. The number of benzene rings is 1. The molecule has 1 fully saturated rings. The first-order chi connectivity index (χ1) is 10.1. The summed E-state index contributed by atoms with van der Waals surface area (Å²) in [6.45, 7) is 3.86. The van der Waals surface area contributed by atoms with Crippen LogP contribution in [0.25, 0.3) is 0 Å². The molecule has 21 heavy (non-hydrogen) atoms. The molecule has 1 aromatic rings. The molecule has 0 saturated carbocycles. The molecule has 0 spiro atoms. The summed E-state index contributed by atoms with van der Waals surface area (Å²) >= 11 is 0. The molecule has 5 heteroatoms. The summed E-state index contributed by atoms with van der Waals surface area (Å²) in [5.41, 5.74) is 1.36. The van der Waals surface area contributed by atoms with Crippen LogP contribution in [-0.2, 0) is 4.74 Å². The van der Waals surface area contributed by atoms with Gasteiger partial charge in [0.15, 0.2) is 0 Å². The Morgan fingerprint density at radius 2 is 2.05 bits per heavy atom. The molecule has 1 atom stereocenters. The lowest BCUT2D eigenvalue weighted by molar-refractivity contribution is 0.0696. The fourth-order valence-corrected chi connectivity index (χ4v) is 2.49. The van der Waals surface area contributed by atoms with Crippen LogP contribution in [0.3, 0.4) is 0 Å². The molecular weight excluding hydrogens is 270 g/mol. The molecule has 0 radical (unpaired) electrons. The molecule has 1 saturated heterocycles. The normalized spacial score (nSPS) is 17.8. The predicted molar refractivity (Wildman–Crippen MR) is 78.6 cm³/mol. The molecule has 114 valence electrons. The van der Waals surface area contributed by atoms with Crippen molar-refractivity contribution >= 4 is 12.1 Å². The lowest BCUT2D eigenvalue weighted by Crippen LogP contribution is -2.29. The van der Waals surface area contributed by atoms with Gasteiger partial charge in [0.25, 0.3) is 0 Å². The van der Waals surface area contributed by atoms with Crippen LogP contribution in [-0.4, -0.2) is 41.8 Å². The number of rotatable bonds is 5. The summed E-state index contributed by atoms with van der Waals surface area (Å²) in [5.74, 6) is -0.666. The highest BCUT2D eigenvalue weighted by Gasteiger charge is 2.28. The third-order valence-electron chi connectivity index (χ3n) is 3.80. The second-order valence-electron chi connectivity index (χ2n) is 5.33. The van der Waals surface area contributed by atoms with Gasteiger partial charge in [-0.3, -0.25) is 0 Å². The van der Waals surface area contributed by atoms with E-state index in [1.165, 1.54) is 0 Å². The van der Waals surface area contributed by atoms with Gasteiger partial charge in [0.05, 0.1) is 12.2 Å². The molecular formula is C16H21NO4. The number of ether oxygens (including phenoxy) is 1. The van der Waals surface area contributed by atoms with Gasteiger partial charge < -0.3 is 14.7 Å². The number of nitrogens with zero attached hydrogens (tertiary/aromatic N) is 1. The van der Waals surface area contributed by atoms with Crippen LogP contribution in [0, 0.1) is 0 Å². The number of amides is 1. The van der Waals surface area contributed by atoms with Gasteiger partial charge >= 0.3 is 12.1 Å². The Morgan fingerprint density at radius 1 is 1.33 bits per heavy atom. The van der Waals surface area contributed by atoms with Crippen molar-refractivity contribution in [2.24, 2.45) is 0 Å². The quantitative estimate of drug-likeness (QED) is 0.846. The van der Waals surface area contributed by atoms with Crippen molar-refractivity contribution in [3.05, 3.63) is 35.4 Å². The number of aromatic carboxylic acids is 1. The van der Waals surface area contributed by atoms with E-state index >= 15 is 0 Å². The van der Waals surface area contributed by atoms with E-state index < -0.39 is 5.97 Å². The summed E-state index contributed by atoms with van der Waals surface area (Å²) in [5, 5.41) is 8.89. The summed E-state index contributed by atoms with van der Waals surface area (Å²) < 4.78 is 5.21. The second-order valence-corrected chi connectivity index (χ2v) is 5.33. The lowest BCUT2D eigenvalue weighted by atomic mass is 9.97. The van der Waals surface area contributed by atoms with E-state index in [0.717, 1.165) is 24.8 Å². The lowest BCUT2D eigenvalue weighted by Gasteiger charge is -2.16. The number of carbonyl (C=O) groups excluding carboxylic acids is 1. The van der Waals surface area contributed by atoms with Crippen molar-refractivity contribution in [2.75, 3.05) is 19.7 Å². The number of likely N-dealkylation sites (tertiary alicyclic amines) is 1. The van der Waals surface area contributed by atoms with Crippen molar-refractivity contribution < 1.29 is 19.4 Å². The zero-order valence-corrected chi connectivity index (χ0v) is 12.2. The Bertz CT molecular complexity index is 498. The van der Waals surface area contributed by atoms with E-state index in [0.29, 0.717) is 19.7 Å². The molecule has 2 rings (SSSR count). The highest BCUT2D eigenvalue weighted by atomic mass is 16.6. The summed E-state index contributed by atoms with van der Waals surface area (Å²) in [6, 6.07) is 6.89. The van der Waals surface area contributed by atoms with E-state index in [1.807, 2.05) is 12.1 Å². The largest absolute Gasteiger partial charge is 0.478 e. The number of carboxylic acid groups (broad SMARTS) is 1. The smallest absolute Gasteiger partial charge is 0.409 e. The molecule has 1 N–H and O–H groups in total. The van der Waals surface area contributed by atoms with Gasteiger partial charge in [-0.1, -0.05) is 25.5 Å². The predicted octanol–water partition coefficient (Wildman–Crippen LogP) is 3.11. The summed E-state index contributed by atoms with van der Waals surface area (Å²) in [7, 11) is 0. The van der Waals surface area contributed by atoms with Gasteiger partial charge in [-0.25, -0.2) is 9.59 Å². The van der Waals surface area contributed by atoms with Crippen LogP contribution >= 0.6 is 0 Å². The maximum atomic E-state index is 11.9. The van der Waals surface area contributed by atoms with Gasteiger partial charge in [0.1, 0.15) is 0 Å². The molecule has 0 aromatic heterocycles. The maximum absolute atomic E-state index is 11.9. The second kappa shape index (κ2) is 7.11. The Kier molecular flexibility index (Phi) is 5.20. The number of carboxylic acids is 1. The molecule has 5 nitrogen and oxygen atoms in total. The molecule has 1 aliphatic rings. The van der Waals surface area contributed by atoms with Gasteiger partial charge in [0, 0.05) is 19.0 Å². The average Bonchev–Trinajstić information content (AvgIpc) is 2.97. The molecule has 1 amide bonds. The fraction of sp³-hybridized carbons (Fsp3) is 0.500. The molecule has 0 bridgehead atoms. The van der Waals surface area contributed by atoms with Crippen molar-refractivity contribution in [2.45, 2.75) is 32.1 Å². The van der Waals surface area contributed by atoms with E-state index in [9.17, 15) is 9.59 Å². The van der Waals surface area contributed by atoms with Crippen molar-refractivity contribution in [1.29, 1.82) is 0 Å². The highest BCUT2D eigenvalue weighted by molar-refractivity contribution is 5.87. The first-order valence-corrected chi connectivity index (χ1v) is 7.36. The molecule has 1 aliphatic heterocycles. The average molecular weight is 291 g/mol. The SMILES string of the molecule is CCCCOC(=O)N1CCC(c2ccc(C(=O)O)cc2)C1. The van der Waals surface area contributed by atoms with Crippen LogP contribution in [0.1, 0.15) is 48.0 Å². The number of unbranched alkanes of at least 4 members (excludes halogenated alkanes) is 1. The minimum absolute atomic E-state index is 0.242. The summed E-state index contributed by atoms with van der Waals surface area (Å²) in [6.07, 6.45) is 2.54. The van der Waals surface area contributed by atoms with E-state index in [2.05, 4.69) is 6.92 Å². The zero-order valence-electron chi connectivity index (χ0n) is 12.2. The number of carbonyl (C=O) groups is 2.